The normalized spacial score (nSPS) is 22.2. The topological polar surface area (TPSA) is 69.9 Å². The first-order valence-corrected chi connectivity index (χ1v) is 9.88. The minimum Gasteiger partial charge on any atom is -0.398 e. The highest BCUT2D eigenvalue weighted by molar-refractivity contribution is 5.97. The summed E-state index contributed by atoms with van der Waals surface area (Å²) in [4.78, 5) is 31.7. The van der Waals surface area contributed by atoms with Gasteiger partial charge < -0.3 is 20.4 Å². The predicted octanol–water partition coefficient (Wildman–Crippen LogP) is 2.90. The van der Waals surface area contributed by atoms with Crippen LogP contribution >= 0.6 is 12.4 Å². The molecule has 148 valence electrons. The number of carbonyl (C=O) groups excluding carboxylic acids is 2. The molecule has 1 atom stereocenters. The maximum atomic E-state index is 13.3. The number of rotatable bonds is 1. The first kappa shape index (κ1) is 19.8. The number of anilines is 2. The predicted molar refractivity (Wildman–Crippen MR) is 109 cm³/mol. The highest BCUT2D eigenvalue weighted by Gasteiger charge is 2.35. The second-order valence-corrected chi connectivity index (χ2v) is 7.70. The van der Waals surface area contributed by atoms with Gasteiger partial charge in [-0.2, -0.15) is 0 Å². The number of benzene rings is 1. The van der Waals surface area contributed by atoms with Crippen LogP contribution in [0.3, 0.4) is 0 Å². The number of piperidine rings is 1. The highest BCUT2D eigenvalue weighted by atomic mass is 35.5. The van der Waals surface area contributed by atoms with Crippen molar-refractivity contribution in [1.82, 2.24) is 9.80 Å². The summed E-state index contributed by atoms with van der Waals surface area (Å²) in [5.74, 6) is 0.0400. The van der Waals surface area contributed by atoms with Crippen LogP contribution in [0.1, 0.15) is 37.7 Å². The third-order valence-corrected chi connectivity index (χ3v) is 5.97. The standard InChI is InChI=1S/C20H28N4O2.ClH/c21-17-8-3-9-18-16(17)7-5-13-24(18)19(25)15-6-4-12-23(14-15)20(26)22-10-1-2-11-22;/h3,8-9,15H,1-2,4-7,10-14,21H2;1H. The molecule has 3 aliphatic heterocycles. The molecule has 0 radical (unpaired) electrons. The Morgan fingerprint density at radius 1 is 0.963 bits per heavy atom. The average molecular weight is 393 g/mol. The van der Waals surface area contributed by atoms with Gasteiger partial charge in [-0.1, -0.05) is 6.07 Å². The van der Waals surface area contributed by atoms with E-state index in [1.165, 1.54) is 0 Å². The molecule has 0 spiro atoms. The van der Waals surface area contributed by atoms with Crippen molar-refractivity contribution in [3.8, 4) is 0 Å². The zero-order valence-electron chi connectivity index (χ0n) is 15.7. The van der Waals surface area contributed by atoms with E-state index in [0.717, 1.165) is 81.6 Å². The van der Waals surface area contributed by atoms with E-state index < -0.39 is 0 Å². The van der Waals surface area contributed by atoms with Crippen LogP contribution in [-0.2, 0) is 11.2 Å². The number of carbonyl (C=O) groups is 2. The van der Waals surface area contributed by atoms with E-state index in [1.807, 2.05) is 32.9 Å². The number of nitrogen functional groups attached to an aromatic ring is 1. The lowest BCUT2D eigenvalue weighted by molar-refractivity contribution is -0.123. The molecule has 2 saturated heterocycles. The number of likely N-dealkylation sites (tertiary alicyclic amines) is 2. The van der Waals surface area contributed by atoms with Gasteiger partial charge in [0.25, 0.3) is 0 Å². The number of urea groups is 1. The molecule has 0 saturated carbocycles. The molecule has 4 rings (SSSR count). The molecular formula is C20H29ClN4O2. The molecule has 27 heavy (non-hydrogen) atoms. The molecule has 0 aliphatic carbocycles. The summed E-state index contributed by atoms with van der Waals surface area (Å²) in [5.41, 5.74) is 8.94. The van der Waals surface area contributed by atoms with Crippen molar-refractivity contribution in [3.63, 3.8) is 0 Å². The molecule has 6 nitrogen and oxygen atoms in total. The van der Waals surface area contributed by atoms with Crippen LogP contribution in [0.5, 0.6) is 0 Å². The minimum atomic E-state index is -0.109. The smallest absolute Gasteiger partial charge is 0.320 e. The molecular weight excluding hydrogens is 364 g/mol. The maximum absolute atomic E-state index is 13.3. The molecule has 3 amide bonds. The zero-order valence-corrected chi connectivity index (χ0v) is 16.5. The first-order valence-electron chi connectivity index (χ1n) is 9.88. The molecule has 2 fully saturated rings. The van der Waals surface area contributed by atoms with E-state index in [4.69, 9.17) is 5.73 Å². The van der Waals surface area contributed by atoms with Crippen molar-refractivity contribution in [2.45, 2.75) is 38.5 Å². The van der Waals surface area contributed by atoms with Crippen molar-refractivity contribution in [2.75, 3.05) is 43.4 Å². The van der Waals surface area contributed by atoms with Crippen molar-refractivity contribution in [2.24, 2.45) is 5.92 Å². The Hall–Kier alpha value is -1.95. The van der Waals surface area contributed by atoms with E-state index in [9.17, 15) is 9.59 Å². The Labute approximate surface area is 167 Å². The molecule has 3 heterocycles. The Balaban J connectivity index is 0.00000210. The fourth-order valence-electron chi connectivity index (χ4n) is 4.56. The molecule has 2 N–H and O–H groups in total. The minimum absolute atomic E-state index is 0. The summed E-state index contributed by atoms with van der Waals surface area (Å²) in [5, 5.41) is 0. The lowest BCUT2D eigenvalue weighted by atomic mass is 9.93. The molecule has 0 bridgehead atoms. The SMILES string of the molecule is Cl.Nc1cccc2c1CCCN2C(=O)C1CCCN(C(=O)N2CCCC2)C1. The molecule has 7 heteroatoms. The molecule has 1 unspecified atom stereocenters. The Bertz CT molecular complexity index is 705. The molecule has 1 aromatic carbocycles. The zero-order chi connectivity index (χ0) is 18.1. The van der Waals surface area contributed by atoms with Gasteiger partial charge in [0.15, 0.2) is 0 Å². The fourth-order valence-corrected chi connectivity index (χ4v) is 4.56. The summed E-state index contributed by atoms with van der Waals surface area (Å²) in [6.07, 6.45) is 5.80. The lowest BCUT2D eigenvalue weighted by Crippen LogP contribution is -2.51. The van der Waals surface area contributed by atoms with Gasteiger partial charge >= 0.3 is 6.03 Å². The number of nitrogens with two attached hydrogens (primary N) is 1. The Morgan fingerprint density at radius 2 is 1.70 bits per heavy atom. The molecule has 0 aromatic heterocycles. The fraction of sp³-hybridized carbons (Fsp3) is 0.600. The van der Waals surface area contributed by atoms with Gasteiger partial charge in [-0.15, -0.1) is 12.4 Å². The van der Waals surface area contributed by atoms with Crippen LogP contribution in [0.25, 0.3) is 0 Å². The van der Waals surface area contributed by atoms with Crippen LogP contribution in [-0.4, -0.2) is 54.5 Å². The third kappa shape index (κ3) is 3.86. The van der Waals surface area contributed by atoms with Crippen molar-refractivity contribution < 1.29 is 9.59 Å². The second-order valence-electron chi connectivity index (χ2n) is 7.70. The largest absolute Gasteiger partial charge is 0.398 e. The summed E-state index contributed by atoms with van der Waals surface area (Å²) >= 11 is 0. The van der Waals surface area contributed by atoms with E-state index in [2.05, 4.69) is 0 Å². The van der Waals surface area contributed by atoms with E-state index >= 15 is 0 Å². The number of hydrogen-bond donors (Lipinski definition) is 1. The molecule has 1 aromatic rings. The van der Waals surface area contributed by atoms with Gasteiger partial charge in [0.1, 0.15) is 0 Å². The van der Waals surface area contributed by atoms with Crippen LogP contribution in [0.15, 0.2) is 18.2 Å². The number of halogens is 1. The van der Waals surface area contributed by atoms with Crippen LogP contribution in [0.4, 0.5) is 16.2 Å². The van der Waals surface area contributed by atoms with Crippen LogP contribution in [0, 0.1) is 5.92 Å². The van der Waals surface area contributed by atoms with Gasteiger partial charge in [-0.25, -0.2) is 4.79 Å². The van der Waals surface area contributed by atoms with Crippen LogP contribution in [0.2, 0.25) is 0 Å². The first-order chi connectivity index (χ1) is 12.6. The quantitative estimate of drug-likeness (QED) is 0.747. The monoisotopic (exact) mass is 392 g/mol. The summed E-state index contributed by atoms with van der Waals surface area (Å²) in [6.45, 7) is 3.76. The Kier molecular flexibility index (Phi) is 6.15. The van der Waals surface area contributed by atoms with E-state index in [-0.39, 0.29) is 30.3 Å². The maximum Gasteiger partial charge on any atom is 0.320 e. The van der Waals surface area contributed by atoms with Gasteiger partial charge in [0.05, 0.1) is 5.92 Å². The highest BCUT2D eigenvalue weighted by Crippen LogP contribution is 2.33. The second kappa shape index (κ2) is 8.38. The van der Waals surface area contributed by atoms with Crippen molar-refractivity contribution >= 4 is 35.7 Å². The van der Waals surface area contributed by atoms with Gasteiger partial charge in [-0.05, 0) is 56.2 Å². The van der Waals surface area contributed by atoms with Gasteiger partial charge in [-0.3, -0.25) is 4.79 Å². The number of amides is 3. The van der Waals surface area contributed by atoms with Crippen molar-refractivity contribution in [3.05, 3.63) is 23.8 Å². The lowest BCUT2D eigenvalue weighted by Gasteiger charge is -2.38. The van der Waals surface area contributed by atoms with Crippen molar-refractivity contribution in [1.29, 1.82) is 0 Å². The van der Waals surface area contributed by atoms with Crippen LogP contribution < -0.4 is 10.6 Å². The number of fused-ring (bicyclic) bond motifs is 1. The van der Waals surface area contributed by atoms with E-state index in [0.29, 0.717) is 6.54 Å². The Morgan fingerprint density at radius 3 is 2.48 bits per heavy atom. The van der Waals surface area contributed by atoms with Gasteiger partial charge in [0.2, 0.25) is 5.91 Å². The number of nitrogens with zero attached hydrogens (tertiary/aromatic N) is 3. The summed E-state index contributed by atoms with van der Waals surface area (Å²) < 4.78 is 0. The number of hydrogen-bond acceptors (Lipinski definition) is 3. The van der Waals surface area contributed by atoms with E-state index in [1.54, 1.807) is 0 Å². The van der Waals surface area contributed by atoms with Gasteiger partial charge in [0, 0.05) is 44.1 Å². The average Bonchev–Trinajstić information content (AvgIpc) is 3.22. The molecule has 3 aliphatic rings. The summed E-state index contributed by atoms with van der Waals surface area (Å²) in [6, 6.07) is 5.94. The summed E-state index contributed by atoms with van der Waals surface area (Å²) in [7, 11) is 0. The third-order valence-electron chi connectivity index (χ3n) is 5.97.